The average Bonchev–Trinajstić information content (AvgIpc) is 3.33. The summed E-state index contributed by atoms with van der Waals surface area (Å²) in [4.78, 5) is 29.6. The lowest BCUT2D eigenvalue weighted by atomic mass is 10.2. The Morgan fingerprint density at radius 1 is 1.10 bits per heavy atom. The fraction of sp³-hybridized carbons (Fsp3) is 0.250. The van der Waals surface area contributed by atoms with Crippen molar-refractivity contribution in [2.75, 3.05) is 11.9 Å². The highest BCUT2D eigenvalue weighted by Gasteiger charge is 2.19. The van der Waals surface area contributed by atoms with E-state index in [1.54, 1.807) is 36.3 Å². The standard InChI is InChI=1S/C20H19N7O2/c1-26-13-17-18(25-26)20(29)21-9-4-2-3-5-10-27-12-14(11-22-27)15-7-6-8-16(23-15)19(28)24-17/h6-8,11-13H,2,4,9-10H2,1H3,(H,21,29)(H,24,28). The number of nitrogens with one attached hydrogen (secondary N) is 2. The molecule has 0 aliphatic carbocycles. The lowest BCUT2D eigenvalue weighted by Gasteiger charge is -2.07. The van der Waals surface area contributed by atoms with Crippen LogP contribution in [-0.2, 0) is 13.6 Å². The molecule has 1 aliphatic heterocycles. The molecule has 0 spiro atoms. The summed E-state index contributed by atoms with van der Waals surface area (Å²) < 4.78 is 3.21. The van der Waals surface area contributed by atoms with Gasteiger partial charge in [-0.25, -0.2) is 4.98 Å². The van der Waals surface area contributed by atoms with E-state index in [0.29, 0.717) is 37.3 Å². The van der Waals surface area contributed by atoms with E-state index < -0.39 is 5.91 Å². The third-order valence-electron chi connectivity index (χ3n) is 4.33. The lowest BCUT2D eigenvalue weighted by Crippen LogP contribution is -2.26. The fourth-order valence-electron chi connectivity index (χ4n) is 2.93. The van der Waals surface area contributed by atoms with Gasteiger partial charge in [0.15, 0.2) is 5.69 Å². The normalized spacial score (nSPS) is 14.5. The van der Waals surface area contributed by atoms with Gasteiger partial charge >= 0.3 is 0 Å². The van der Waals surface area contributed by atoms with Gasteiger partial charge in [0.05, 0.1) is 17.6 Å². The largest absolute Gasteiger partial charge is 0.351 e. The van der Waals surface area contributed by atoms with Gasteiger partial charge in [0.25, 0.3) is 11.8 Å². The quantitative estimate of drug-likeness (QED) is 0.566. The second kappa shape index (κ2) is 7.98. The van der Waals surface area contributed by atoms with Crippen molar-refractivity contribution in [1.29, 1.82) is 0 Å². The minimum Gasteiger partial charge on any atom is -0.351 e. The highest BCUT2D eigenvalue weighted by molar-refractivity contribution is 6.07. The number of aromatic nitrogens is 5. The van der Waals surface area contributed by atoms with Crippen molar-refractivity contribution in [1.82, 2.24) is 29.9 Å². The summed E-state index contributed by atoms with van der Waals surface area (Å²) in [7, 11) is 1.69. The third-order valence-corrected chi connectivity index (χ3v) is 4.33. The molecule has 4 rings (SSSR count). The Bertz CT molecular complexity index is 1130. The molecule has 9 heteroatoms. The Morgan fingerprint density at radius 3 is 2.86 bits per heavy atom. The first-order chi connectivity index (χ1) is 14.1. The number of amides is 2. The van der Waals surface area contributed by atoms with Crippen molar-refractivity contribution < 1.29 is 9.59 Å². The molecule has 4 bridgehead atoms. The fourth-order valence-corrected chi connectivity index (χ4v) is 2.93. The van der Waals surface area contributed by atoms with E-state index in [1.165, 1.54) is 4.68 Å². The molecule has 9 nitrogen and oxygen atoms in total. The van der Waals surface area contributed by atoms with Crippen molar-refractivity contribution in [3.05, 3.63) is 48.2 Å². The van der Waals surface area contributed by atoms with Crippen LogP contribution in [-0.4, -0.2) is 42.9 Å². The van der Waals surface area contributed by atoms with Crippen molar-refractivity contribution >= 4 is 17.5 Å². The zero-order valence-electron chi connectivity index (χ0n) is 15.8. The summed E-state index contributed by atoms with van der Waals surface area (Å²) in [6.07, 6.45) is 6.50. The van der Waals surface area contributed by atoms with E-state index in [2.05, 4.69) is 37.7 Å². The lowest BCUT2D eigenvalue weighted by molar-refractivity contribution is 0.0948. The molecule has 2 amide bonds. The van der Waals surface area contributed by atoms with Crippen LogP contribution in [0, 0.1) is 11.8 Å². The molecule has 3 aromatic heterocycles. The summed E-state index contributed by atoms with van der Waals surface area (Å²) in [6, 6.07) is 5.18. The maximum absolute atomic E-state index is 12.7. The summed E-state index contributed by atoms with van der Waals surface area (Å²) >= 11 is 0. The molecular formula is C20H19N7O2. The maximum atomic E-state index is 12.7. The zero-order chi connectivity index (χ0) is 20.2. The van der Waals surface area contributed by atoms with E-state index in [9.17, 15) is 9.59 Å². The summed E-state index contributed by atoms with van der Waals surface area (Å²) in [6.45, 7) is 0.927. The predicted octanol–water partition coefficient (Wildman–Crippen LogP) is 1.46. The van der Waals surface area contributed by atoms with Crippen molar-refractivity contribution in [2.24, 2.45) is 7.05 Å². The minimum absolute atomic E-state index is 0.158. The Balaban J connectivity index is 1.69. The van der Waals surface area contributed by atoms with Crippen LogP contribution in [0.2, 0.25) is 0 Å². The van der Waals surface area contributed by atoms with E-state index in [4.69, 9.17) is 0 Å². The van der Waals surface area contributed by atoms with Gasteiger partial charge in [0.1, 0.15) is 12.2 Å². The van der Waals surface area contributed by atoms with Gasteiger partial charge in [-0.3, -0.25) is 19.0 Å². The first kappa shape index (κ1) is 18.4. The number of rotatable bonds is 0. The molecule has 29 heavy (non-hydrogen) atoms. The Kier molecular flexibility index (Phi) is 5.07. The smallest absolute Gasteiger partial charge is 0.274 e. The SMILES string of the molecule is Cn1cc2c(n1)C(=O)NCCCC#CCn1cc(cn1)-c1cccc(n1)C(=O)N2. The van der Waals surface area contributed by atoms with Crippen LogP contribution < -0.4 is 10.6 Å². The number of carbonyl (C=O) groups is 2. The van der Waals surface area contributed by atoms with Crippen LogP contribution in [0.25, 0.3) is 11.3 Å². The van der Waals surface area contributed by atoms with Gasteiger partial charge in [-0.2, -0.15) is 10.2 Å². The van der Waals surface area contributed by atoms with E-state index >= 15 is 0 Å². The first-order valence-electron chi connectivity index (χ1n) is 9.19. The molecule has 2 N–H and O–H groups in total. The highest BCUT2D eigenvalue weighted by Crippen LogP contribution is 2.18. The van der Waals surface area contributed by atoms with Gasteiger partial charge < -0.3 is 10.6 Å². The molecule has 0 radical (unpaired) electrons. The van der Waals surface area contributed by atoms with Crippen molar-refractivity contribution in [2.45, 2.75) is 19.4 Å². The predicted molar refractivity (Wildman–Crippen MR) is 106 cm³/mol. The zero-order valence-corrected chi connectivity index (χ0v) is 15.8. The van der Waals surface area contributed by atoms with E-state index in [0.717, 1.165) is 5.56 Å². The van der Waals surface area contributed by atoms with Gasteiger partial charge in [-0.1, -0.05) is 12.0 Å². The summed E-state index contributed by atoms with van der Waals surface area (Å²) in [5.74, 6) is 5.38. The van der Waals surface area contributed by atoms with Crippen LogP contribution in [0.1, 0.15) is 33.8 Å². The topological polar surface area (TPSA) is 107 Å². The molecule has 1 aliphatic rings. The molecule has 146 valence electrons. The molecule has 0 saturated carbocycles. The molecule has 0 aromatic carbocycles. The number of hydrogen-bond donors (Lipinski definition) is 2. The first-order valence-corrected chi connectivity index (χ1v) is 9.19. The van der Waals surface area contributed by atoms with Gasteiger partial charge in [0.2, 0.25) is 0 Å². The Labute approximate surface area is 167 Å². The number of hydrogen-bond acceptors (Lipinski definition) is 5. The van der Waals surface area contributed by atoms with Crippen LogP contribution in [0.5, 0.6) is 0 Å². The van der Waals surface area contributed by atoms with Crippen LogP contribution in [0.15, 0.2) is 36.8 Å². The van der Waals surface area contributed by atoms with Crippen molar-refractivity contribution in [3.63, 3.8) is 0 Å². The van der Waals surface area contributed by atoms with E-state index in [-0.39, 0.29) is 17.3 Å². The second-order valence-electron chi connectivity index (χ2n) is 6.57. The number of nitrogens with zero attached hydrogens (tertiary/aromatic N) is 5. The van der Waals surface area contributed by atoms with Crippen LogP contribution in [0.4, 0.5) is 5.69 Å². The Hall–Kier alpha value is -3.93. The molecule has 0 fully saturated rings. The number of aryl methyl sites for hydroxylation is 1. The van der Waals surface area contributed by atoms with Crippen LogP contribution in [0.3, 0.4) is 0 Å². The van der Waals surface area contributed by atoms with Crippen LogP contribution >= 0.6 is 0 Å². The minimum atomic E-state index is -0.423. The average molecular weight is 389 g/mol. The molecule has 3 aromatic rings. The summed E-state index contributed by atoms with van der Waals surface area (Å²) in [5, 5.41) is 14.0. The number of carbonyl (C=O) groups excluding carboxylic acids is 2. The molecular weight excluding hydrogens is 370 g/mol. The van der Waals surface area contributed by atoms with Gasteiger partial charge in [0, 0.05) is 38.0 Å². The number of fused-ring (bicyclic) bond motifs is 6. The molecule has 0 unspecified atom stereocenters. The number of pyridine rings is 1. The second-order valence-corrected chi connectivity index (χ2v) is 6.57. The van der Waals surface area contributed by atoms with Gasteiger partial charge in [-0.05, 0) is 18.6 Å². The summed E-state index contributed by atoms with van der Waals surface area (Å²) in [5.41, 5.74) is 2.14. The third kappa shape index (κ3) is 4.16. The monoisotopic (exact) mass is 389 g/mol. The molecule has 0 atom stereocenters. The van der Waals surface area contributed by atoms with E-state index in [1.807, 2.05) is 12.3 Å². The Morgan fingerprint density at radius 2 is 1.97 bits per heavy atom. The molecule has 0 saturated heterocycles. The number of anilines is 1. The maximum Gasteiger partial charge on any atom is 0.274 e. The van der Waals surface area contributed by atoms with Gasteiger partial charge in [-0.15, -0.1) is 5.92 Å². The van der Waals surface area contributed by atoms with Crippen molar-refractivity contribution in [3.8, 4) is 23.1 Å². The highest BCUT2D eigenvalue weighted by atomic mass is 16.2. The molecule has 4 heterocycles.